The molecule has 2 aromatic rings. The van der Waals surface area contributed by atoms with E-state index in [1.807, 2.05) is 11.9 Å². The first-order valence-electron chi connectivity index (χ1n) is 10.2. The third kappa shape index (κ3) is 2.50. The molecule has 1 spiro atoms. The second kappa shape index (κ2) is 6.46. The average Bonchev–Trinajstić information content (AvgIpc) is 3.30. The lowest BCUT2D eigenvalue weighted by molar-refractivity contribution is -0.148. The van der Waals surface area contributed by atoms with Gasteiger partial charge >= 0.3 is 0 Å². The molecule has 1 aliphatic carbocycles. The van der Waals surface area contributed by atoms with Crippen LogP contribution in [0.15, 0.2) is 18.7 Å². The number of fused-ring (bicyclic) bond motifs is 2. The highest BCUT2D eigenvalue weighted by Gasteiger charge is 2.50. The number of nitrogens with one attached hydrogen (secondary N) is 1. The van der Waals surface area contributed by atoms with Gasteiger partial charge in [0.05, 0.1) is 17.6 Å². The van der Waals surface area contributed by atoms with E-state index in [1.54, 1.807) is 23.3 Å². The van der Waals surface area contributed by atoms with E-state index in [2.05, 4.69) is 19.9 Å². The quantitative estimate of drug-likeness (QED) is 0.852. The summed E-state index contributed by atoms with van der Waals surface area (Å²) in [5.41, 5.74) is 1.76. The number of H-pyrrole nitrogens is 1. The van der Waals surface area contributed by atoms with Crippen LogP contribution in [0.5, 0.6) is 0 Å². The third-order valence-electron chi connectivity index (χ3n) is 6.87. The Bertz CT molecular complexity index is 903. The van der Waals surface area contributed by atoms with Crippen molar-refractivity contribution >= 4 is 11.8 Å². The van der Waals surface area contributed by atoms with Crippen molar-refractivity contribution in [1.29, 1.82) is 0 Å². The van der Waals surface area contributed by atoms with E-state index in [4.69, 9.17) is 0 Å². The Hall–Kier alpha value is -2.64. The SMILES string of the molecule is Cn1ccnc1C(=O)N1CCC2(CC1)c1nc[nH]c1CCN2C(=O)C1CCC1. The minimum Gasteiger partial charge on any atom is -0.348 e. The van der Waals surface area contributed by atoms with Crippen LogP contribution in [-0.2, 0) is 23.8 Å². The number of carbonyl (C=O) groups excluding carboxylic acids is 2. The first-order chi connectivity index (χ1) is 13.6. The summed E-state index contributed by atoms with van der Waals surface area (Å²) in [6, 6.07) is 0. The number of nitrogens with zero attached hydrogens (tertiary/aromatic N) is 5. The second-order valence-corrected chi connectivity index (χ2v) is 8.28. The van der Waals surface area contributed by atoms with Gasteiger partial charge in [0.2, 0.25) is 5.91 Å². The van der Waals surface area contributed by atoms with Crippen molar-refractivity contribution in [2.45, 2.75) is 44.1 Å². The number of amides is 2. The largest absolute Gasteiger partial charge is 0.348 e. The number of likely N-dealkylation sites (tertiary alicyclic amines) is 1. The van der Waals surface area contributed by atoms with Crippen LogP contribution < -0.4 is 0 Å². The topological polar surface area (TPSA) is 87.1 Å². The fourth-order valence-corrected chi connectivity index (χ4v) is 4.97. The Morgan fingerprint density at radius 3 is 2.61 bits per heavy atom. The number of rotatable bonds is 2. The van der Waals surface area contributed by atoms with Crippen LogP contribution in [0.3, 0.4) is 0 Å². The van der Waals surface area contributed by atoms with Crippen molar-refractivity contribution in [2.24, 2.45) is 13.0 Å². The maximum atomic E-state index is 13.2. The smallest absolute Gasteiger partial charge is 0.289 e. The molecule has 0 unspecified atom stereocenters. The summed E-state index contributed by atoms with van der Waals surface area (Å²) < 4.78 is 1.76. The molecule has 0 atom stereocenters. The fourth-order valence-electron chi connectivity index (χ4n) is 4.97. The summed E-state index contributed by atoms with van der Waals surface area (Å²) in [5, 5.41) is 0. The monoisotopic (exact) mass is 382 g/mol. The third-order valence-corrected chi connectivity index (χ3v) is 6.87. The van der Waals surface area contributed by atoms with E-state index >= 15 is 0 Å². The van der Waals surface area contributed by atoms with Crippen molar-refractivity contribution in [3.8, 4) is 0 Å². The first-order valence-corrected chi connectivity index (χ1v) is 10.2. The molecule has 2 aromatic heterocycles. The number of hydrogen-bond donors (Lipinski definition) is 1. The zero-order chi connectivity index (χ0) is 19.3. The molecule has 1 saturated carbocycles. The van der Waals surface area contributed by atoms with Gasteiger partial charge in [-0.05, 0) is 25.7 Å². The van der Waals surface area contributed by atoms with Gasteiger partial charge in [0.25, 0.3) is 5.91 Å². The van der Waals surface area contributed by atoms with Crippen LogP contribution in [0.4, 0.5) is 0 Å². The Labute approximate surface area is 163 Å². The number of aromatic nitrogens is 4. The molecule has 1 N–H and O–H groups in total. The molecule has 3 aliphatic rings. The fraction of sp³-hybridized carbons (Fsp3) is 0.600. The zero-order valence-electron chi connectivity index (χ0n) is 16.2. The number of hydrogen-bond acceptors (Lipinski definition) is 4. The molecule has 8 nitrogen and oxygen atoms in total. The minimum atomic E-state index is -0.390. The molecule has 28 heavy (non-hydrogen) atoms. The lowest BCUT2D eigenvalue weighted by atomic mass is 9.76. The summed E-state index contributed by atoms with van der Waals surface area (Å²) >= 11 is 0. The van der Waals surface area contributed by atoms with E-state index in [0.29, 0.717) is 18.9 Å². The van der Waals surface area contributed by atoms with Gasteiger partial charge < -0.3 is 19.4 Å². The molecular formula is C20H26N6O2. The first kappa shape index (κ1) is 17.5. The van der Waals surface area contributed by atoms with Crippen molar-refractivity contribution in [1.82, 2.24) is 29.3 Å². The lowest BCUT2D eigenvalue weighted by Crippen LogP contribution is -2.60. The molecule has 0 aromatic carbocycles. The molecule has 148 valence electrons. The molecule has 1 saturated heterocycles. The molecule has 2 aliphatic heterocycles. The van der Waals surface area contributed by atoms with Gasteiger partial charge in [0.1, 0.15) is 0 Å². The lowest BCUT2D eigenvalue weighted by Gasteiger charge is -2.51. The predicted molar refractivity (Wildman–Crippen MR) is 101 cm³/mol. The second-order valence-electron chi connectivity index (χ2n) is 8.28. The Kier molecular flexibility index (Phi) is 4.03. The van der Waals surface area contributed by atoms with E-state index in [9.17, 15) is 9.59 Å². The van der Waals surface area contributed by atoms with Crippen molar-refractivity contribution in [2.75, 3.05) is 19.6 Å². The van der Waals surface area contributed by atoms with Gasteiger partial charge in [-0.15, -0.1) is 0 Å². The summed E-state index contributed by atoms with van der Waals surface area (Å²) in [6.07, 6.45) is 10.6. The Morgan fingerprint density at radius 2 is 1.96 bits per heavy atom. The van der Waals surface area contributed by atoms with Gasteiger partial charge in [0, 0.05) is 57.1 Å². The van der Waals surface area contributed by atoms with Gasteiger partial charge in [-0.1, -0.05) is 6.42 Å². The van der Waals surface area contributed by atoms with E-state index < -0.39 is 5.54 Å². The van der Waals surface area contributed by atoms with Gasteiger partial charge in [-0.2, -0.15) is 0 Å². The van der Waals surface area contributed by atoms with Crippen LogP contribution in [0.1, 0.15) is 54.1 Å². The number of carbonyl (C=O) groups is 2. The summed E-state index contributed by atoms with van der Waals surface area (Å²) in [7, 11) is 1.84. The predicted octanol–water partition coefficient (Wildman–Crippen LogP) is 1.46. The minimum absolute atomic E-state index is 0.0442. The molecule has 4 heterocycles. The molecule has 2 amide bonds. The highest BCUT2D eigenvalue weighted by Crippen LogP contribution is 2.44. The van der Waals surface area contributed by atoms with Crippen LogP contribution >= 0.6 is 0 Å². The molecule has 2 fully saturated rings. The molecular weight excluding hydrogens is 356 g/mol. The highest BCUT2D eigenvalue weighted by molar-refractivity contribution is 5.91. The molecule has 5 rings (SSSR count). The maximum absolute atomic E-state index is 13.2. The number of aryl methyl sites for hydroxylation is 1. The van der Waals surface area contributed by atoms with E-state index in [-0.39, 0.29) is 17.7 Å². The van der Waals surface area contributed by atoms with Crippen LogP contribution in [0, 0.1) is 5.92 Å². The summed E-state index contributed by atoms with van der Waals surface area (Å²) in [4.78, 5) is 42.2. The van der Waals surface area contributed by atoms with Crippen LogP contribution in [0.25, 0.3) is 0 Å². The van der Waals surface area contributed by atoms with Crippen molar-refractivity contribution in [3.05, 3.63) is 35.9 Å². The Morgan fingerprint density at radius 1 is 1.18 bits per heavy atom. The van der Waals surface area contributed by atoms with Crippen molar-refractivity contribution in [3.63, 3.8) is 0 Å². The van der Waals surface area contributed by atoms with Gasteiger partial charge in [0.15, 0.2) is 5.82 Å². The summed E-state index contributed by atoms with van der Waals surface area (Å²) in [5.74, 6) is 0.869. The highest BCUT2D eigenvalue weighted by atomic mass is 16.2. The normalized spacial score (nSPS) is 21.5. The Balaban J connectivity index is 1.42. The number of aromatic amines is 1. The van der Waals surface area contributed by atoms with Crippen LogP contribution in [-0.4, -0.2) is 60.8 Å². The maximum Gasteiger partial charge on any atom is 0.289 e. The van der Waals surface area contributed by atoms with Crippen molar-refractivity contribution < 1.29 is 9.59 Å². The van der Waals surface area contributed by atoms with Crippen LogP contribution in [0.2, 0.25) is 0 Å². The van der Waals surface area contributed by atoms with Gasteiger partial charge in [-0.3, -0.25) is 9.59 Å². The summed E-state index contributed by atoms with van der Waals surface area (Å²) in [6.45, 7) is 1.94. The molecule has 8 heteroatoms. The van der Waals surface area contributed by atoms with Gasteiger partial charge in [-0.25, -0.2) is 9.97 Å². The standard InChI is InChI=1S/C20H26N6O2/c1-24-12-8-21-17(24)19(28)25-10-6-20(7-11-25)16-15(22-13-23-16)5-9-26(20)18(27)14-3-2-4-14/h8,12-14H,2-7,9-11H2,1H3,(H,22,23). The number of imidazole rings is 2. The van der Waals surface area contributed by atoms with E-state index in [0.717, 1.165) is 56.5 Å². The molecule has 0 radical (unpaired) electrons. The average molecular weight is 382 g/mol. The molecule has 0 bridgehead atoms. The zero-order valence-corrected chi connectivity index (χ0v) is 16.2. The van der Waals surface area contributed by atoms with E-state index in [1.165, 1.54) is 0 Å². The number of piperidine rings is 1.